The average molecular weight is 529 g/mol. The third kappa shape index (κ3) is 4.35. The normalized spacial score (nSPS) is 17.5. The van der Waals surface area contributed by atoms with Gasteiger partial charge in [0, 0.05) is 35.6 Å². The van der Waals surface area contributed by atoms with Crippen LogP contribution in [0.2, 0.25) is 0 Å². The molecule has 2 aliphatic rings. The Morgan fingerprint density at radius 1 is 1.21 bits per heavy atom. The van der Waals surface area contributed by atoms with Gasteiger partial charge in [0.15, 0.2) is 5.82 Å². The fraction of sp³-hybridized carbons (Fsp3) is 0.367. The number of hydrogen-bond donors (Lipinski definition) is 1. The summed E-state index contributed by atoms with van der Waals surface area (Å²) in [6, 6.07) is 6.36. The first-order valence-electron chi connectivity index (χ1n) is 13.2. The van der Waals surface area contributed by atoms with Crippen molar-refractivity contribution in [1.29, 1.82) is 0 Å². The number of aryl methyl sites for hydroxylation is 1. The molecule has 2 fully saturated rings. The van der Waals surface area contributed by atoms with Crippen molar-refractivity contribution >= 4 is 27.5 Å². The molecule has 4 heterocycles. The highest BCUT2D eigenvalue weighted by molar-refractivity contribution is 6.03. The maximum atomic E-state index is 14.7. The Labute approximate surface area is 225 Å². The van der Waals surface area contributed by atoms with Gasteiger partial charge in [-0.2, -0.15) is 9.97 Å². The molecule has 2 saturated heterocycles. The molecule has 0 radical (unpaired) electrons. The van der Waals surface area contributed by atoms with Gasteiger partial charge < -0.3 is 24.1 Å². The molecule has 39 heavy (non-hydrogen) atoms. The zero-order chi connectivity index (χ0) is 27.3. The number of phenolic OH excluding ortho intramolecular Hbond substituents is 1. The summed E-state index contributed by atoms with van der Waals surface area (Å²) in [6.07, 6.45) is 9.83. The number of likely N-dealkylation sites (tertiary alicyclic amines) is 1. The number of benzene rings is 2. The number of terminal acetylenes is 1. The summed E-state index contributed by atoms with van der Waals surface area (Å²) in [6.45, 7) is 4.84. The molecule has 0 amide bonds. The van der Waals surface area contributed by atoms with Crippen molar-refractivity contribution in [1.82, 2.24) is 14.9 Å². The van der Waals surface area contributed by atoms with Gasteiger partial charge in [-0.3, -0.25) is 0 Å². The number of halogens is 1. The van der Waals surface area contributed by atoms with Crippen LogP contribution >= 0.6 is 0 Å². The molecule has 200 valence electrons. The molecular weight excluding hydrogens is 499 g/mol. The van der Waals surface area contributed by atoms with Gasteiger partial charge in [0.1, 0.15) is 22.7 Å². The molecule has 0 spiro atoms. The zero-order valence-electron chi connectivity index (χ0n) is 22.0. The van der Waals surface area contributed by atoms with E-state index in [1.807, 2.05) is 4.90 Å². The van der Waals surface area contributed by atoms with Crippen molar-refractivity contribution in [2.45, 2.75) is 38.6 Å². The lowest BCUT2D eigenvalue weighted by atomic mass is 9.95. The SMILES string of the molecule is C#Cc1c(F)ccc2cc(O)cc(-c3oc(=O)c4c(N5CCC5)nc(OCC[C@H]5CCCN5C)nc4c3C)c12. The Morgan fingerprint density at radius 3 is 2.72 bits per heavy atom. The summed E-state index contributed by atoms with van der Waals surface area (Å²) < 4.78 is 26.6. The summed E-state index contributed by atoms with van der Waals surface area (Å²) >= 11 is 0. The van der Waals surface area contributed by atoms with Crippen molar-refractivity contribution in [3.8, 4) is 35.4 Å². The minimum Gasteiger partial charge on any atom is -0.508 e. The summed E-state index contributed by atoms with van der Waals surface area (Å²) in [4.78, 5) is 27.1. The van der Waals surface area contributed by atoms with Gasteiger partial charge in [-0.25, -0.2) is 9.18 Å². The highest BCUT2D eigenvalue weighted by Gasteiger charge is 2.27. The van der Waals surface area contributed by atoms with E-state index in [1.165, 1.54) is 30.7 Å². The monoisotopic (exact) mass is 528 g/mol. The summed E-state index contributed by atoms with van der Waals surface area (Å²) in [7, 11) is 2.12. The lowest BCUT2D eigenvalue weighted by Gasteiger charge is -2.32. The van der Waals surface area contributed by atoms with Crippen LogP contribution in [0, 0.1) is 25.1 Å². The molecule has 1 N–H and O–H groups in total. The van der Waals surface area contributed by atoms with Crippen LogP contribution < -0.4 is 15.3 Å². The number of nitrogens with zero attached hydrogens (tertiary/aromatic N) is 4. The predicted octanol–water partition coefficient (Wildman–Crippen LogP) is 4.61. The first-order valence-corrected chi connectivity index (χ1v) is 13.2. The van der Waals surface area contributed by atoms with Gasteiger partial charge in [0.05, 0.1) is 17.7 Å². The predicted molar refractivity (Wildman–Crippen MR) is 148 cm³/mol. The summed E-state index contributed by atoms with van der Waals surface area (Å²) in [5.41, 5.74) is 0.635. The van der Waals surface area contributed by atoms with Crippen molar-refractivity contribution in [2.75, 3.05) is 38.2 Å². The largest absolute Gasteiger partial charge is 0.508 e. The van der Waals surface area contributed by atoms with Gasteiger partial charge in [0.2, 0.25) is 0 Å². The molecule has 0 unspecified atom stereocenters. The number of rotatable bonds is 6. The van der Waals surface area contributed by atoms with Crippen molar-refractivity contribution < 1.29 is 18.7 Å². The fourth-order valence-corrected chi connectivity index (χ4v) is 5.67. The second-order valence-corrected chi connectivity index (χ2v) is 10.3. The number of hydrogen-bond acceptors (Lipinski definition) is 8. The highest BCUT2D eigenvalue weighted by Crippen LogP contribution is 2.39. The summed E-state index contributed by atoms with van der Waals surface area (Å²) in [5.74, 6) is 2.39. The number of aromatic nitrogens is 2. The van der Waals surface area contributed by atoms with E-state index in [-0.39, 0.29) is 28.5 Å². The third-order valence-electron chi connectivity index (χ3n) is 7.91. The zero-order valence-corrected chi connectivity index (χ0v) is 22.0. The van der Waals surface area contributed by atoms with Gasteiger partial charge >= 0.3 is 11.6 Å². The topological polar surface area (TPSA) is 91.9 Å². The molecule has 2 aromatic carbocycles. The smallest absolute Gasteiger partial charge is 0.349 e. The minimum absolute atomic E-state index is 0.0227. The number of ether oxygens (including phenoxy) is 1. The molecule has 9 heteroatoms. The van der Waals surface area contributed by atoms with Crippen molar-refractivity contribution in [3.05, 3.63) is 51.6 Å². The number of phenols is 1. The van der Waals surface area contributed by atoms with Crippen LogP contribution in [0.15, 0.2) is 33.5 Å². The Balaban J connectivity index is 1.51. The molecular formula is C30H29FN4O4. The first-order chi connectivity index (χ1) is 18.9. The van der Waals surface area contributed by atoms with E-state index in [4.69, 9.17) is 15.6 Å². The Bertz CT molecular complexity index is 1710. The quantitative estimate of drug-likeness (QED) is 0.363. The van der Waals surface area contributed by atoms with Crippen LogP contribution in [0.4, 0.5) is 10.2 Å². The third-order valence-corrected chi connectivity index (χ3v) is 7.91. The van der Waals surface area contributed by atoms with Crippen LogP contribution in [0.5, 0.6) is 11.8 Å². The van der Waals surface area contributed by atoms with Crippen LogP contribution in [-0.2, 0) is 0 Å². The van der Waals surface area contributed by atoms with Crippen LogP contribution in [-0.4, -0.2) is 59.3 Å². The molecule has 0 bridgehead atoms. The number of fused-ring (bicyclic) bond motifs is 2. The van der Waals surface area contributed by atoms with Crippen molar-refractivity contribution in [3.63, 3.8) is 0 Å². The lowest BCUT2D eigenvalue weighted by Crippen LogP contribution is -2.38. The average Bonchev–Trinajstić information content (AvgIpc) is 3.29. The molecule has 0 aliphatic carbocycles. The Hall–Kier alpha value is -4.16. The van der Waals surface area contributed by atoms with Gasteiger partial charge in [-0.1, -0.05) is 12.0 Å². The number of anilines is 1. The van der Waals surface area contributed by atoms with Crippen LogP contribution in [0.3, 0.4) is 0 Å². The fourth-order valence-electron chi connectivity index (χ4n) is 5.67. The second-order valence-electron chi connectivity index (χ2n) is 10.3. The number of aromatic hydroxyl groups is 1. The molecule has 8 nitrogen and oxygen atoms in total. The second kappa shape index (κ2) is 9.86. The maximum Gasteiger partial charge on any atom is 0.349 e. The van der Waals surface area contributed by atoms with Crippen LogP contribution in [0.25, 0.3) is 33.0 Å². The molecule has 2 aliphatic heterocycles. The van der Waals surface area contributed by atoms with E-state index in [0.717, 1.165) is 38.9 Å². The van der Waals surface area contributed by atoms with Crippen LogP contribution in [0.1, 0.15) is 36.8 Å². The van der Waals surface area contributed by atoms with Gasteiger partial charge in [-0.05, 0) is 69.8 Å². The maximum absolute atomic E-state index is 14.7. The van der Waals surface area contributed by atoms with Crippen molar-refractivity contribution in [2.24, 2.45) is 0 Å². The van der Waals surface area contributed by atoms with E-state index in [2.05, 4.69) is 27.8 Å². The van der Waals surface area contributed by atoms with E-state index in [9.17, 15) is 14.3 Å². The minimum atomic E-state index is -0.623. The van der Waals surface area contributed by atoms with E-state index in [1.54, 1.807) is 6.92 Å². The Kier molecular flexibility index (Phi) is 6.35. The molecule has 6 rings (SSSR count). The summed E-state index contributed by atoms with van der Waals surface area (Å²) in [5, 5.41) is 11.6. The molecule has 1 atom stereocenters. The van der Waals surface area contributed by atoms with Gasteiger partial charge in [-0.15, -0.1) is 6.42 Å². The van der Waals surface area contributed by atoms with Gasteiger partial charge in [0.25, 0.3) is 0 Å². The van der Waals surface area contributed by atoms with E-state index in [0.29, 0.717) is 45.9 Å². The van der Waals surface area contributed by atoms with E-state index < -0.39 is 11.4 Å². The standard InChI is InChI=1S/C30H29FN4O4/c1-4-21-23(31)9-8-18-15-20(36)16-22(24(18)21)27-17(2)26-25(29(37)39-27)28(35-12-6-13-35)33-30(32-26)38-14-10-19-7-5-11-34(19)3/h1,8-9,15-16,19,36H,5-7,10-14H2,2-3H3/t19-/m1/s1. The lowest BCUT2D eigenvalue weighted by molar-refractivity contribution is 0.223. The van der Waals surface area contributed by atoms with E-state index >= 15 is 0 Å². The Morgan fingerprint density at radius 2 is 2.03 bits per heavy atom. The molecule has 4 aromatic rings. The first kappa shape index (κ1) is 25.1. The molecule has 0 saturated carbocycles. The molecule has 2 aromatic heterocycles. The highest BCUT2D eigenvalue weighted by atomic mass is 19.1.